The molecular formula is C102H61BN4O. The average Bonchev–Trinajstić information content (AvgIpc) is 1.36. The van der Waals surface area contributed by atoms with E-state index in [1.54, 1.807) is 0 Å². The Bertz CT molecular complexity index is 8250. The van der Waals surface area contributed by atoms with Gasteiger partial charge in [-0.05, 0) is 148 Å². The minimum Gasteiger partial charge on any atom is -0.456 e. The molecule has 0 atom stereocenters. The fourth-order valence-electron chi connectivity index (χ4n) is 18.3. The van der Waals surface area contributed by atoms with E-state index in [1.165, 1.54) is 0 Å². The van der Waals surface area contributed by atoms with Crippen molar-refractivity contribution >= 4 is 198 Å². The van der Waals surface area contributed by atoms with Crippen molar-refractivity contribution in [2.75, 3.05) is 9.80 Å². The molecule has 22 aromatic rings. The summed E-state index contributed by atoms with van der Waals surface area (Å²) in [5.74, 6) is 0. The Morgan fingerprint density at radius 1 is 0.231 bits per heavy atom. The van der Waals surface area contributed by atoms with Crippen molar-refractivity contribution in [3.8, 4) is 33.4 Å². The molecule has 5 aromatic heterocycles. The number of nitrogens with zero attached hydrogens (tertiary/aromatic N) is 4. The molecule has 0 bridgehead atoms. The summed E-state index contributed by atoms with van der Waals surface area (Å²) in [6.45, 7) is -0.817. The van der Waals surface area contributed by atoms with Crippen molar-refractivity contribution in [2.24, 2.45) is 0 Å². The normalized spacial score (nSPS) is 14.6. The Balaban J connectivity index is 0.990. The van der Waals surface area contributed by atoms with Gasteiger partial charge in [-0.1, -0.05) is 303 Å². The van der Waals surface area contributed by atoms with Gasteiger partial charge >= 0.3 is 0 Å². The summed E-state index contributed by atoms with van der Waals surface area (Å²) in [7, 11) is 0. The third-order valence-corrected chi connectivity index (χ3v) is 22.8. The SMILES string of the molecule is [2H]c1c([2H])c([2H])c2c(c1[2H])c1c([2H])c([2H])c([2H])c3c4ccccc4c4ccccc4c4cc5c(cc4n2c31)N(c1ccccc1-c1ccccc1)c1cc(-c2ccc3oc4ccccc4c3c2)cc2c1B5c1cc3c4ccccc4c4ccccc4c4c([2H])c([2H])c([2H])c5c6c([2H])c([2H])c([2H])c([2H])c6n(c3cc1N2c1ccccc1-c1ccccc1)c45. The lowest BCUT2D eigenvalue weighted by Crippen LogP contribution is -2.61. The van der Waals surface area contributed by atoms with Crippen LogP contribution in [0, 0.1) is 0 Å². The van der Waals surface area contributed by atoms with Crippen LogP contribution in [-0.2, 0) is 0 Å². The molecule has 6 heteroatoms. The van der Waals surface area contributed by atoms with Gasteiger partial charge in [-0.2, -0.15) is 0 Å². The summed E-state index contributed by atoms with van der Waals surface area (Å²) in [4.78, 5) is 4.68. The van der Waals surface area contributed by atoms with E-state index < -0.39 is 55.1 Å². The first kappa shape index (κ1) is 47.2. The van der Waals surface area contributed by atoms with Crippen LogP contribution in [0.1, 0.15) is 19.2 Å². The van der Waals surface area contributed by atoms with E-state index in [1.807, 2.05) is 167 Å². The molecule has 5 nitrogen and oxygen atoms in total. The first-order chi connectivity index (χ1) is 59.4. The molecule has 0 spiro atoms. The molecule has 7 heterocycles. The first-order valence-corrected chi connectivity index (χ1v) is 36.3. The molecule has 17 aromatic carbocycles. The second-order valence-electron chi connectivity index (χ2n) is 28.2. The topological polar surface area (TPSA) is 28.4 Å². The summed E-state index contributed by atoms with van der Waals surface area (Å²) in [6, 6.07) is 90.8. The lowest BCUT2D eigenvalue weighted by atomic mass is 9.33. The van der Waals surface area contributed by atoms with E-state index in [-0.39, 0.29) is 90.6 Å². The van der Waals surface area contributed by atoms with Crippen LogP contribution < -0.4 is 26.2 Å². The maximum absolute atomic E-state index is 10.3. The van der Waals surface area contributed by atoms with Gasteiger partial charge in [-0.25, -0.2) is 0 Å². The maximum atomic E-state index is 10.3. The van der Waals surface area contributed by atoms with Gasteiger partial charge in [-0.15, -0.1) is 0 Å². The largest absolute Gasteiger partial charge is 0.456 e. The molecule has 0 aliphatic carbocycles. The molecule has 108 heavy (non-hydrogen) atoms. The second kappa shape index (κ2) is 22.7. The molecule has 0 saturated carbocycles. The molecule has 498 valence electrons. The lowest BCUT2D eigenvalue weighted by molar-refractivity contribution is 0.669. The highest BCUT2D eigenvalue weighted by Gasteiger charge is 2.45. The Morgan fingerprint density at radius 3 is 1.07 bits per heavy atom. The second-order valence-corrected chi connectivity index (χ2v) is 28.2. The molecule has 0 amide bonds. The number of fused-ring (bicyclic) bond motifs is 27. The number of hydrogen-bond donors (Lipinski definition) is 0. The average molecular weight is 1380 g/mol. The van der Waals surface area contributed by atoms with E-state index in [0.717, 1.165) is 110 Å². The summed E-state index contributed by atoms with van der Waals surface area (Å²) in [5.41, 5.74) is 14.9. The highest BCUT2D eigenvalue weighted by atomic mass is 16.3. The fraction of sp³-hybridized carbons (Fsp3) is 0. The molecule has 0 saturated heterocycles. The van der Waals surface area contributed by atoms with Gasteiger partial charge < -0.3 is 23.0 Å². The van der Waals surface area contributed by atoms with Crippen molar-refractivity contribution < 1.29 is 23.6 Å². The van der Waals surface area contributed by atoms with Gasteiger partial charge in [0.15, 0.2) is 0 Å². The first-order valence-electron chi connectivity index (χ1n) is 43.3. The van der Waals surface area contributed by atoms with E-state index in [4.69, 9.17) is 4.42 Å². The number of hydrogen-bond acceptors (Lipinski definition) is 3. The Labute approximate surface area is 640 Å². The van der Waals surface area contributed by atoms with E-state index in [2.05, 4.69) is 137 Å². The van der Waals surface area contributed by atoms with Gasteiger partial charge in [0.25, 0.3) is 6.71 Å². The van der Waals surface area contributed by atoms with Crippen LogP contribution in [0.4, 0.5) is 34.1 Å². The van der Waals surface area contributed by atoms with Crippen molar-refractivity contribution in [1.29, 1.82) is 0 Å². The number of para-hydroxylation sites is 7. The van der Waals surface area contributed by atoms with Gasteiger partial charge in [0.2, 0.25) is 0 Å². The molecule has 0 N–H and O–H groups in total. The van der Waals surface area contributed by atoms with E-state index in [0.29, 0.717) is 60.3 Å². The Morgan fingerprint density at radius 2 is 0.602 bits per heavy atom. The van der Waals surface area contributed by atoms with Gasteiger partial charge in [0.05, 0.1) is 63.7 Å². The minimum absolute atomic E-state index is 0.0327. The third-order valence-electron chi connectivity index (χ3n) is 22.8. The molecule has 2 aliphatic heterocycles. The Hall–Kier alpha value is -14.2. The van der Waals surface area contributed by atoms with Crippen molar-refractivity contribution in [1.82, 2.24) is 8.80 Å². The third kappa shape index (κ3) is 8.31. The van der Waals surface area contributed by atoms with Crippen LogP contribution in [0.15, 0.2) is 374 Å². The number of furan rings is 1. The highest BCUT2D eigenvalue weighted by molar-refractivity contribution is 7.00. The van der Waals surface area contributed by atoms with Crippen LogP contribution >= 0.6 is 0 Å². The van der Waals surface area contributed by atoms with Crippen molar-refractivity contribution in [3.63, 3.8) is 0 Å². The number of aromatic nitrogens is 2. The summed E-state index contributed by atoms with van der Waals surface area (Å²) >= 11 is 0. The molecule has 24 rings (SSSR count). The van der Waals surface area contributed by atoms with Gasteiger partial charge in [-0.3, -0.25) is 0 Å². The van der Waals surface area contributed by atoms with Crippen LogP contribution in [0.2, 0.25) is 0 Å². The standard InChI is InChI=1S/C102H61BN4O/c1-3-27-62(28-4-1)66-31-15-20-48-88(66)104-94-60-92-83(74-39-13-9-35-70(74)68-33-7-11-37-72(68)79-44-25-46-81-76-41-17-22-50-90(76)106(92)101(79)81)58-86(94)103-87-59-84-75-40-14-10-36-71(75)69-34-8-12-38-73(69)80-45-26-47-82-77-42-18-23-51-91(77)107(102(80)82)93(84)61-95(87)105(89-49-21-16-32-67(89)63-29-5-2-6-30-63)97-57-65(56-96(104)100(97)103)64-53-54-99-85(55-64)78-43-19-24-52-98(78)108-99/h1-61H/i17D,18D,22D,23D,25D,26D,41D,42D,44D,45D,46D,47D,50D,51D. The van der Waals surface area contributed by atoms with E-state index in [9.17, 15) is 19.2 Å². The molecule has 2 aliphatic rings. The number of anilines is 6. The summed E-state index contributed by atoms with van der Waals surface area (Å²) in [5, 5.41) is 9.38. The number of rotatable bonds is 5. The maximum Gasteiger partial charge on any atom is 0.252 e. The minimum atomic E-state index is -0.817. The van der Waals surface area contributed by atoms with Crippen LogP contribution in [0.5, 0.6) is 0 Å². The molecule has 0 unspecified atom stereocenters. The zero-order chi connectivity index (χ0) is 82.6. The molecule has 0 fully saturated rings. The van der Waals surface area contributed by atoms with E-state index >= 15 is 0 Å². The van der Waals surface area contributed by atoms with Crippen molar-refractivity contribution in [3.05, 3.63) is 370 Å². The van der Waals surface area contributed by atoms with Crippen molar-refractivity contribution in [2.45, 2.75) is 0 Å². The predicted octanol–water partition coefficient (Wildman–Crippen LogP) is 25.8. The summed E-state index contributed by atoms with van der Waals surface area (Å²) < 4.78 is 150. The lowest BCUT2D eigenvalue weighted by Gasteiger charge is -2.45. The van der Waals surface area contributed by atoms with Gasteiger partial charge in [0, 0.05) is 87.7 Å². The summed E-state index contributed by atoms with van der Waals surface area (Å²) in [6.07, 6.45) is 0. The molecular weight excluding hydrogens is 1310 g/mol. The van der Waals surface area contributed by atoms with Crippen LogP contribution in [0.3, 0.4) is 0 Å². The van der Waals surface area contributed by atoms with Gasteiger partial charge in [0.1, 0.15) is 11.2 Å². The number of benzene rings is 17. The quantitative estimate of drug-likeness (QED) is 0.161. The Kier molecular flexibility index (Phi) is 9.91. The van der Waals surface area contributed by atoms with Crippen LogP contribution in [0.25, 0.3) is 175 Å². The smallest absolute Gasteiger partial charge is 0.252 e. The zero-order valence-corrected chi connectivity index (χ0v) is 57.4. The fourth-order valence-corrected chi connectivity index (χ4v) is 18.3. The highest BCUT2D eigenvalue weighted by Crippen LogP contribution is 2.53. The molecule has 0 radical (unpaired) electrons. The predicted molar refractivity (Wildman–Crippen MR) is 459 cm³/mol. The monoisotopic (exact) mass is 1380 g/mol. The van der Waals surface area contributed by atoms with Crippen LogP contribution in [-0.4, -0.2) is 15.5 Å². The zero-order valence-electron chi connectivity index (χ0n) is 71.4.